The highest BCUT2D eigenvalue weighted by atomic mass is 16.5. The Kier molecular flexibility index (Phi) is 3.90. The van der Waals surface area contributed by atoms with Gasteiger partial charge in [0.25, 0.3) is 11.8 Å². The van der Waals surface area contributed by atoms with Crippen LogP contribution in [0, 0.1) is 0 Å². The highest BCUT2D eigenvalue weighted by Gasteiger charge is 2.14. The monoisotopic (exact) mass is 224 g/mol. The number of hydrogen-bond donors (Lipinski definition) is 2. The maximum Gasteiger partial charge on any atom is 0.269 e. The van der Waals surface area contributed by atoms with Crippen molar-refractivity contribution in [1.82, 2.24) is 9.97 Å². The molecule has 0 atom stereocenters. The standard InChI is InChI=1S/C9H12N4O3/c1-16-3-2-5-7(9(11)15)12-4-6(13-5)8(10)14/h4H,2-3H2,1H3,(H2,10,14)(H2,11,15). The molecule has 0 aliphatic rings. The van der Waals surface area contributed by atoms with Gasteiger partial charge >= 0.3 is 0 Å². The van der Waals surface area contributed by atoms with Gasteiger partial charge in [0, 0.05) is 13.5 Å². The molecular formula is C9H12N4O3. The highest BCUT2D eigenvalue weighted by Crippen LogP contribution is 2.05. The largest absolute Gasteiger partial charge is 0.384 e. The van der Waals surface area contributed by atoms with Gasteiger partial charge in [-0.2, -0.15) is 0 Å². The van der Waals surface area contributed by atoms with E-state index in [1.807, 2.05) is 0 Å². The summed E-state index contributed by atoms with van der Waals surface area (Å²) in [6.07, 6.45) is 1.46. The lowest BCUT2D eigenvalue weighted by molar-refractivity contribution is 0.0978. The first-order valence-electron chi connectivity index (χ1n) is 4.50. The molecule has 0 bridgehead atoms. The molecule has 1 heterocycles. The van der Waals surface area contributed by atoms with E-state index in [1.165, 1.54) is 7.11 Å². The molecular weight excluding hydrogens is 212 g/mol. The Labute approximate surface area is 91.8 Å². The van der Waals surface area contributed by atoms with E-state index < -0.39 is 11.8 Å². The van der Waals surface area contributed by atoms with Crippen molar-refractivity contribution in [1.29, 1.82) is 0 Å². The third kappa shape index (κ3) is 2.74. The molecule has 4 N–H and O–H groups in total. The summed E-state index contributed by atoms with van der Waals surface area (Å²) in [4.78, 5) is 29.6. The molecule has 16 heavy (non-hydrogen) atoms. The second-order valence-electron chi connectivity index (χ2n) is 3.02. The molecule has 7 nitrogen and oxygen atoms in total. The quantitative estimate of drug-likeness (QED) is 0.655. The van der Waals surface area contributed by atoms with Gasteiger partial charge in [0.15, 0.2) is 0 Å². The van der Waals surface area contributed by atoms with Gasteiger partial charge in [0.2, 0.25) is 0 Å². The minimum Gasteiger partial charge on any atom is -0.384 e. The van der Waals surface area contributed by atoms with Gasteiger partial charge in [-0.25, -0.2) is 9.97 Å². The average Bonchev–Trinajstić information content (AvgIpc) is 2.25. The number of carbonyl (C=O) groups excluding carboxylic acids is 2. The topological polar surface area (TPSA) is 121 Å². The van der Waals surface area contributed by atoms with Crippen LogP contribution >= 0.6 is 0 Å². The fourth-order valence-corrected chi connectivity index (χ4v) is 1.13. The first-order chi connectivity index (χ1) is 7.56. The maximum absolute atomic E-state index is 11.0. The lowest BCUT2D eigenvalue weighted by Gasteiger charge is -2.05. The molecule has 0 radical (unpaired) electrons. The van der Waals surface area contributed by atoms with Gasteiger partial charge in [0.1, 0.15) is 11.4 Å². The molecule has 7 heteroatoms. The molecule has 1 rings (SSSR count). The molecule has 0 aliphatic heterocycles. The number of methoxy groups -OCH3 is 1. The van der Waals surface area contributed by atoms with E-state index in [4.69, 9.17) is 16.2 Å². The van der Waals surface area contributed by atoms with Crippen LogP contribution in [0.1, 0.15) is 26.7 Å². The van der Waals surface area contributed by atoms with E-state index in [0.717, 1.165) is 6.20 Å². The normalized spacial score (nSPS) is 10.1. The molecule has 0 fully saturated rings. The molecule has 0 spiro atoms. The van der Waals surface area contributed by atoms with E-state index >= 15 is 0 Å². The lowest BCUT2D eigenvalue weighted by Crippen LogP contribution is -2.21. The molecule has 0 aliphatic carbocycles. The number of ether oxygens (including phenoxy) is 1. The van der Waals surface area contributed by atoms with Crippen LogP contribution in [0.2, 0.25) is 0 Å². The highest BCUT2D eigenvalue weighted by molar-refractivity contribution is 5.94. The number of hydrogen-bond acceptors (Lipinski definition) is 5. The lowest BCUT2D eigenvalue weighted by atomic mass is 10.2. The summed E-state index contributed by atoms with van der Waals surface area (Å²) in [6.45, 7) is 0.344. The van der Waals surface area contributed by atoms with Gasteiger partial charge in [0.05, 0.1) is 18.5 Å². The Morgan fingerprint density at radius 2 is 2.06 bits per heavy atom. The van der Waals surface area contributed by atoms with Gasteiger partial charge in [-0.15, -0.1) is 0 Å². The minimum atomic E-state index is -0.706. The first kappa shape index (κ1) is 12.1. The third-order valence-corrected chi connectivity index (χ3v) is 1.87. The van der Waals surface area contributed by atoms with Crippen LogP contribution in [-0.4, -0.2) is 35.5 Å². The second kappa shape index (κ2) is 5.17. The molecule has 0 unspecified atom stereocenters. The van der Waals surface area contributed by atoms with Gasteiger partial charge in [-0.1, -0.05) is 0 Å². The average molecular weight is 224 g/mol. The van der Waals surface area contributed by atoms with Crippen molar-refractivity contribution < 1.29 is 14.3 Å². The van der Waals surface area contributed by atoms with Crippen LogP contribution in [0.15, 0.2) is 6.20 Å². The number of amides is 2. The van der Waals surface area contributed by atoms with Crippen LogP contribution in [0.5, 0.6) is 0 Å². The van der Waals surface area contributed by atoms with Crippen molar-refractivity contribution in [3.8, 4) is 0 Å². The summed E-state index contributed by atoms with van der Waals surface area (Å²) >= 11 is 0. The molecule has 1 aromatic heterocycles. The van der Waals surface area contributed by atoms with Crippen molar-refractivity contribution in [3.05, 3.63) is 23.3 Å². The Hall–Kier alpha value is -2.02. The zero-order chi connectivity index (χ0) is 12.1. The Morgan fingerprint density at radius 1 is 1.38 bits per heavy atom. The van der Waals surface area contributed by atoms with E-state index in [0.29, 0.717) is 18.7 Å². The van der Waals surface area contributed by atoms with Crippen LogP contribution in [-0.2, 0) is 11.2 Å². The maximum atomic E-state index is 11.0. The summed E-state index contributed by atoms with van der Waals surface area (Å²) in [5, 5.41) is 0. The molecule has 0 saturated carbocycles. The number of primary amides is 2. The SMILES string of the molecule is COCCc1nc(C(N)=O)cnc1C(N)=O. The van der Waals surface area contributed by atoms with Crippen molar-refractivity contribution in [2.75, 3.05) is 13.7 Å². The summed E-state index contributed by atoms with van der Waals surface area (Å²) in [6, 6.07) is 0. The van der Waals surface area contributed by atoms with Crippen LogP contribution in [0.25, 0.3) is 0 Å². The molecule has 2 amide bonds. The van der Waals surface area contributed by atoms with E-state index in [9.17, 15) is 9.59 Å². The third-order valence-electron chi connectivity index (χ3n) is 1.87. The number of aromatic nitrogens is 2. The first-order valence-corrected chi connectivity index (χ1v) is 4.50. The second-order valence-corrected chi connectivity index (χ2v) is 3.02. The minimum absolute atomic E-state index is 0.00361. The zero-order valence-corrected chi connectivity index (χ0v) is 8.77. The van der Waals surface area contributed by atoms with Crippen molar-refractivity contribution in [3.63, 3.8) is 0 Å². The van der Waals surface area contributed by atoms with Crippen LogP contribution < -0.4 is 11.5 Å². The van der Waals surface area contributed by atoms with E-state index in [1.54, 1.807) is 0 Å². The summed E-state index contributed by atoms with van der Waals surface area (Å²) in [5.74, 6) is -1.41. The number of nitrogens with zero attached hydrogens (tertiary/aromatic N) is 2. The van der Waals surface area contributed by atoms with E-state index in [-0.39, 0.29) is 11.4 Å². The Balaban J connectivity index is 3.10. The van der Waals surface area contributed by atoms with Crippen molar-refractivity contribution in [2.45, 2.75) is 6.42 Å². The summed E-state index contributed by atoms with van der Waals surface area (Å²) in [5.41, 5.74) is 10.5. The Morgan fingerprint density at radius 3 is 2.56 bits per heavy atom. The summed E-state index contributed by atoms with van der Waals surface area (Å²) < 4.78 is 4.84. The van der Waals surface area contributed by atoms with Crippen molar-refractivity contribution >= 4 is 11.8 Å². The zero-order valence-electron chi connectivity index (χ0n) is 8.77. The fraction of sp³-hybridized carbons (Fsp3) is 0.333. The molecule has 0 aromatic carbocycles. The number of rotatable bonds is 5. The number of nitrogens with two attached hydrogens (primary N) is 2. The van der Waals surface area contributed by atoms with Gasteiger partial charge in [-0.3, -0.25) is 9.59 Å². The van der Waals surface area contributed by atoms with Gasteiger partial charge < -0.3 is 16.2 Å². The predicted molar refractivity (Wildman–Crippen MR) is 54.6 cm³/mol. The van der Waals surface area contributed by atoms with Crippen LogP contribution in [0.4, 0.5) is 0 Å². The molecule has 0 saturated heterocycles. The Bertz CT molecular complexity index is 419. The molecule has 86 valence electrons. The van der Waals surface area contributed by atoms with Crippen LogP contribution in [0.3, 0.4) is 0 Å². The predicted octanol–water partition coefficient (Wildman–Crippen LogP) is -1.14. The fourth-order valence-electron chi connectivity index (χ4n) is 1.13. The van der Waals surface area contributed by atoms with E-state index in [2.05, 4.69) is 9.97 Å². The smallest absolute Gasteiger partial charge is 0.269 e. The summed E-state index contributed by atoms with van der Waals surface area (Å²) in [7, 11) is 1.51. The van der Waals surface area contributed by atoms with Gasteiger partial charge in [-0.05, 0) is 0 Å². The number of carbonyl (C=O) groups is 2. The molecule has 1 aromatic rings. The van der Waals surface area contributed by atoms with Crippen molar-refractivity contribution in [2.24, 2.45) is 11.5 Å².